The Balaban J connectivity index is 1.19. The van der Waals surface area contributed by atoms with Crippen LogP contribution >= 0.6 is 0 Å². The van der Waals surface area contributed by atoms with Crippen LogP contribution in [0.15, 0.2) is 180 Å². The lowest BCUT2D eigenvalue weighted by atomic mass is 10.0. The molecular weight excluding hydrogens is 599 g/mol. The quantitative estimate of drug-likeness (QED) is 0.190. The summed E-state index contributed by atoms with van der Waals surface area (Å²) in [6.07, 6.45) is 1.97. The fourth-order valence-electron chi connectivity index (χ4n) is 7.36. The molecule has 0 atom stereocenters. The molecule has 0 aliphatic carbocycles. The molecule has 0 spiro atoms. The van der Waals surface area contributed by atoms with Gasteiger partial charge in [-0.3, -0.25) is 0 Å². The summed E-state index contributed by atoms with van der Waals surface area (Å²) in [5.41, 5.74) is 11.3. The molecule has 230 valence electrons. The van der Waals surface area contributed by atoms with Crippen LogP contribution in [0.25, 0.3) is 71.5 Å². The van der Waals surface area contributed by atoms with Crippen LogP contribution in [0, 0.1) is 0 Å². The lowest BCUT2D eigenvalue weighted by Crippen LogP contribution is -2.10. The van der Waals surface area contributed by atoms with Crippen LogP contribution in [0.4, 0.5) is 17.1 Å². The largest absolute Gasteiger partial charge is 0.454 e. The van der Waals surface area contributed by atoms with Gasteiger partial charge in [0.25, 0.3) is 0 Å². The molecule has 0 saturated carbocycles. The summed E-state index contributed by atoms with van der Waals surface area (Å²) in [6, 6.07) is 59.9. The van der Waals surface area contributed by atoms with Gasteiger partial charge in [-0.15, -0.1) is 0 Å². The fourth-order valence-corrected chi connectivity index (χ4v) is 7.36. The Morgan fingerprint density at radius 3 is 1.98 bits per heavy atom. The van der Waals surface area contributed by atoms with Gasteiger partial charge < -0.3 is 13.9 Å². The Kier molecular flexibility index (Phi) is 6.15. The normalized spacial score (nSPS) is 11.7. The van der Waals surface area contributed by atoms with E-state index in [-0.39, 0.29) is 0 Å². The minimum absolute atomic E-state index is 0.761. The number of furan rings is 1. The van der Waals surface area contributed by atoms with Gasteiger partial charge in [0.1, 0.15) is 11.1 Å². The summed E-state index contributed by atoms with van der Waals surface area (Å²) in [6.45, 7) is 0. The van der Waals surface area contributed by atoms with E-state index in [0.717, 1.165) is 55.7 Å². The molecule has 4 heteroatoms. The SMILES string of the molecule is c1ccc(-c2ccc(N(c3cnc4c(c3)oc3ccc5ccccc5c34)c3ccc4c(c3)c3ccccc3n4-c3ccccc3)cc2)cc1. The topological polar surface area (TPSA) is 34.2 Å². The van der Waals surface area contributed by atoms with Crippen molar-refractivity contribution in [1.29, 1.82) is 0 Å². The molecule has 3 heterocycles. The molecule has 4 nitrogen and oxygen atoms in total. The standard InChI is InChI=1S/C45H29N3O/c1-3-11-30(12-4-1)31-19-22-34(23-20-31)47(36-28-43-45(46-29-36)44-37-16-8-7-13-32(37)21-26-42(44)49-43)35-24-25-41-39(27-35)38-17-9-10-18-40(38)48(41)33-14-5-2-6-15-33/h1-29H. The Morgan fingerprint density at radius 2 is 1.14 bits per heavy atom. The molecule has 0 aliphatic heterocycles. The summed E-state index contributed by atoms with van der Waals surface area (Å²) >= 11 is 0. The van der Waals surface area contributed by atoms with E-state index in [4.69, 9.17) is 9.40 Å². The van der Waals surface area contributed by atoms with Gasteiger partial charge in [0.2, 0.25) is 0 Å². The van der Waals surface area contributed by atoms with Gasteiger partial charge in [-0.1, -0.05) is 109 Å². The smallest absolute Gasteiger partial charge is 0.155 e. The van der Waals surface area contributed by atoms with E-state index < -0.39 is 0 Å². The first-order valence-corrected chi connectivity index (χ1v) is 16.5. The minimum Gasteiger partial charge on any atom is -0.454 e. The van der Waals surface area contributed by atoms with Crippen molar-refractivity contribution in [3.8, 4) is 16.8 Å². The molecule has 10 rings (SSSR count). The lowest BCUT2D eigenvalue weighted by molar-refractivity contribution is 0.668. The molecule has 10 aromatic rings. The summed E-state index contributed by atoms with van der Waals surface area (Å²) in [5.74, 6) is 0. The van der Waals surface area contributed by atoms with Crippen molar-refractivity contribution in [1.82, 2.24) is 9.55 Å². The fraction of sp³-hybridized carbons (Fsp3) is 0. The van der Waals surface area contributed by atoms with Gasteiger partial charge in [0.15, 0.2) is 5.58 Å². The number of para-hydroxylation sites is 2. The third-order valence-electron chi connectivity index (χ3n) is 9.61. The molecule has 7 aromatic carbocycles. The van der Waals surface area contributed by atoms with Crippen LogP contribution in [0.2, 0.25) is 0 Å². The number of benzene rings is 7. The van der Waals surface area contributed by atoms with E-state index in [0.29, 0.717) is 0 Å². The Labute approximate surface area is 282 Å². The van der Waals surface area contributed by atoms with Gasteiger partial charge in [-0.25, -0.2) is 4.98 Å². The van der Waals surface area contributed by atoms with Crippen molar-refractivity contribution < 1.29 is 4.42 Å². The van der Waals surface area contributed by atoms with Crippen LogP contribution in [0.1, 0.15) is 0 Å². The first-order chi connectivity index (χ1) is 24.3. The van der Waals surface area contributed by atoms with E-state index in [1.165, 1.54) is 32.8 Å². The molecule has 0 amide bonds. The summed E-state index contributed by atoms with van der Waals surface area (Å²) < 4.78 is 8.83. The second kappa shape index (κ2) is 11.0. The number of hydrogen-bond donors (Lipinski definition) is 0. The van der Waals surface area contributed by atoms with Gasteiger partial charge >= 0.3 is 0 Å². The van der Waals surface area contributed by atoms with Crippen molar-refractivity contribution in [3.63, 3.8) is 0 Å². The summed E-state index contributed by atoms with van der Waals surface area (Å²) in [4.78, 5) is 7.35. The van der Waals surface area contributed by atoms with Gasteiger partial charge in [-0.05, 0) is 76.5 Å². The first kappa shape index (κ1) is 27.5. The highest BCUT2D eigenvalue weighted by Crippen LogP contribution is 2.42. The molecule has 0 saturated heterocycles. The molecular formula is C45H29N3O. The van der Waals surface area contributed by atoms with Crippen LogP contribution < -0.4 is 4.90 Å². The third kappa shape index (κ3) is 4.42. The predicted octanol–water partition coefficient (Wildman–Crippen LogP) is 12.4. The molecule has 0 aliphatic rings. The van der Waals surface area contributed by atoms with Gasteiger partial charge in [0.05, 0.1) is 28.3 Å². The zero-order valence-corrected chi connectivity index (χ0v) is 26.5. The number of hydrogen-bond acceptors (Lipinski definition) is 3. The zero-order chi connectivity index (χ0) is 32.3. The predicted molar refractivity (Wildman–Crippen MR) is 203 cm³/mol. The number of rotatable bonds is 5. The van der Waals surface area contributed by atoms with Crippen LogP contribution in [-0.4, -0.2) is 9.55 Å². The highest BCUT2D eigenvalue weighted by atomic mass is 16.3. The van der Waals surface area contributed by atoms with Crippen molar-refractivity contribution >= 4 is 71.7 Å². The molecule has 0 N–H and O–H groups in total. The van der Waals surface area contributed by atoms with E-state index in [2.05, 4.69) is 179 Å². The maximum Gasteiger partial charge on any atom is 0.155 e. The van der Waals surface area contributed by atoms with Crippen molar-refractivity contribution in [2.45, 2.75) is 0 Å². The second-order valence-corrected chi connectivity index (χ2v) is 12.4. The van der Waals surface area contributed by atoms with Crippen molar-refractivity contribution in [2.75, 3.05) is 4.90 Å². The Hall–Kier alpha value is -6.65. The molecule has 0 fully saturated rings. The average molecular weight is 628 g/mol. The summed E-state index contributed by atoms with van der Waals surface area (Å²) in [5, 5.41) is 5.76. The molecule has 3 aromatic heterocycles. The molecule has 0 bridgehead atoms. The zero-order valence-electron chi connectivity index (χ0n) is 26.5. The lowest BCUT2D eigenvalue weighted by Gasteiger charge is -2.25. The molecule has 49 heavy (non-hydrogen) atoms. The monoisotopic (exact) mass is 627 g/mol. The maximum absolute atomic E-state index is 6.49. The van der Waals surface area contributed by atoms with Gasteiger partial charge in [0, 0.05) is 33.9 Å². The highest BCUT2D eigenvalue weighted by Gasteiger charge is 2.20. The first-order valence-electron chi connectivity index (χ1n) is 16.5. The number of aromatic nitrogens is 2. The third-order valence-corrected chi connectivity index (χ3v) is 9.61. The minimum atomic E-state index is 0.761. The van der Waals surface area contributed by atoms with E-state index >= 15 is 0 Å². The molecule has 0 radical (unpaired) electrons. The average Bonchev–Trinajstić information content (AvgIpc) is 3.71. The van der Waals surface area contributed by atoms with Gasteiger partial charge in [-0.2, -0.15) is 0 Å². The number of pyridine rings is 1. The van der Waals surface area contributed by atoms with Crippen LogP contribution in [-0.2, 0) is 0 Å². The maximum atomic E-state index is 6.49. The second-order valence-electron chi connectivity index (χ2n) is 12.4. The number of fused-ring (bicyclic) bond motifs is 8. The van der Waals surface area contributed by atoms with Crippen molar-refractivity contribution in [2.24, 2.45) is 0 Å². The number of nitrogens with zero attached hydrogens (tertiary/aromatic N) is 3. The van der Waals surface area contributed by atoms with Crippen molar-refractivity contribution in [3.05, 3.63) is 176 Å². The van der Waals surface area contributed by atoms with Crippen LogP contribution in [0.3, 0.4) is 0 Å². The highest BCUT2D eigenvalue weighted by molar-refractivity contribution is 6.17. The van der Waals surface area contributed by atoms with E-state index in [1.54, 1.807) is 0 Å². The van der Waals surface area contributed by atoms with E-state index in [9.17, 15) is 0 Å². The summed E-state index contributed by atoms with van der Waals surface area (Å²) in [7, 11) is 0. The molecule has 0 unspecified atom stereocenters. The Morgan fingerprint density at radius 1 is 0.469 bits per heavy atom. The van der Waals surface area contributed by atoms with E-state index in [1.807, 2.05) is 6.20 Å². The van der Waals surface area contributed by atoms with Crippen LogP contribution in [0.5, 0.6) is 0 Å². The Bertz CT molecular complexity index is 2820. The number of anilines is 3.